The molecule has 0 saturated carbocycles. The Morgan fingerprint density at radius 2 is 2.00 bits per heavy atom. The van der Waals surface area contributed by atoms with E-state index in [-0.39, 0.29) is 5.41 Å². The molecule has 0 aromatic carbocycles. The fraction of sp³-hybridized carbons (Fsp3) is 0.538. The third-order valence-corrected chi connectivity index (χ3v) is 2.57. The Balaban J connectivity index is 3.04. The summed E-state index contributed by atoms with van der Waals surface area (Å²) in [6, 6.07) is 0. The molecule has 4 heteroatoms. The normalized spacial score (nSPS) is 11.1. The van der Waals surface area contributed by atoms with E-state index in [1.165, 1.54) is 0 Å². The topological polar surface area (TPSA) is 35.0 Å². The van der Waals surface area contributed by atoms with Gasteiger partial charge in [-0.1, -0.05) is 32.4 Å². The summed E-state index contributed by atoms with van der Waals surface area (Å²) in [5.41, 5.74) is 0.582. The van der Waals surface area contributed by atoms with Crippen molar-refractivity contribution in [1.29, 1.82) is 0 Å². The quantitative estimate of drug-likeness (QED) is 0.471. The number of hydrogen-bond donors (Lipinski definition) is 0. The van der Waals surface area contributed by atoms with Crippen LogP contribution in [0, 0.1) is 19.3 Å². The van der Waals surface area contributed by atoms with Crippen molar-refractivity contribution in [1.82, 2.24) is 9.97 Å². The maximum atomic E-state index is 6.07. The van der Waals surface area contributed by atoms with E-state index in [1.54, 1.807) is 0 Å². The summed E-state index contributed by atoms with van der Waals surface area (Å²) in [6.45, 7) is 8.35. The van der Waals surface area contributed by atoms with Crippen molar-refractivity contribution in [2.45, 2.75) is 39.5 Å². The molecule has 0 spiro atoms. The first-order valence-electron chi connectivity index (χ1n) is 5.47. The van der Waals surface area contributed by atoms with Crippen LogP contribution >= 0.6 is 11.6 Å². The summed E-state index contributed by atoms with van der Waals surface area (Å²) in [5.74, 6) is 3.70. The van der Waals surface area contributed by atoms with Crippen molar-refractivity contribution in [3.05, 3.63) is 16.5 Å². The number of nitrogens with zero attached hydrogens (tertiary/aromatic N) is 2. The van der Waals surface area contributed by atoms with Crippen molar-refractivity contribution in [3.8, 4) is 18.2 Å². The van der Waals surface area contributed by atoms with Crippen LogP contribution in [0.2, 0.25) is 5.15 Å². The Kier molecular flexibility index (Phi) is 4.36. The van der Waals surface area contributed by atoms with Gasteiger partial charge in [-0.2, -0.15) is 4.98 Å². The fourth-order valence-electron chi connectivity index (χ4n) is 1.15. The SMILES string of the molecule is C#CCCOc1nc(C(C)(C)C)nc(Cl)c1C. The minimum atomic E-state index is -0.165. The van der Waals surface area contributed by atoms with Crippen LogP contribution in [0.5, 0.6) is 5.88 Å². The molecule has 1 heterocycles. The highest BCUT2D eigenvalue weighted by Gasteiger charge is 2.21. The number of aromatic nitrogens is 2. The molecule has 0 fully saturated rings. The smallest absolute Gasteiger partial charge is 0.221 e. The van der Waals surface area contributed by atoms with E-state index in [1.807, 2.05) is 27.7 Å². The summed E-state index contributed by atoms with van der Waals surface area (Å²) >= 11 is 6.07. The second kappa shape index (κ2) is 5.37. The molecule has 1 rings (SSSR count). The van der Waals surface area contributed by atoms with Crippen LogP contribution in [0.1, 0.15) is 38.6 Å². The highest BCUT2D eigenvalue weighted by atomic mass is 35.5. The van der Waals surface area contributed by atoms with Gasteiger partial charge in [0.15, 0.2) is 0 Å². The van der Waals surface area contributed by atoms with Gasteiger partial charge in [0.1, 0.15) is 17.6 Å². The predicted molar refractivity (Wildman–Crippen MR) is 69.4 cm³/mol. The predicted octanol–water partition coefficient (Wildman–Crippen LogP) is 3.14. The van der Waals surface area contributed by atoms with Crippen LogP contribution in [0.4, 0.5) is 0 Å². The van der Waals surface area contributed by atoms with Crippen LogP contribution in [0.25, 0.3) is 0 Å². The summed E-state index contributed by atoms with van der Waals surface area (Å²) in [4.78, 5) is 8.66. The Bertz CT molecular complexity index is 444. The molecular formula is C13H17ClN2O. The summed E-state index contributed by atoms with van der Waals surface area (Å²) in [5, 5.41) is 0.431. The van der Waals surface area contributed by atoms with E-state index >= 15 is 0 Å². The van der Waals surface area contributed by atoms with Crippen molar-refractivity contribution in [2.75, 3.05) is 6.61 Å². The van der Waals surface area contributed by atoms with Crippen molar-refractivity contribution in [2.24, 2.45) is 0 Å². The first-order chi connectivity index (χ1) is 7.86. The van der Waals surface area contributed by atoms with Gasteiger partial charge in [-0.25, -0.2) is 4.98 Å². The van der Waals surface area contributed by atoms with Gasteiger partial charge in [-0.15, -0.1) is 12.3 Å². The zero-order chi connectivity index (χ0) is 13.1. The molecule has 0 amide bonds. The number of halogens is 1. The molecule has 0 bridgehead atoms. The standard InChI is InChI=1S/C13H17ClN2O/c1-6-7-8-17-11-9(2)10(14)15-12(16-11)13(3,4)5/h1H,7-8H2,2-5H3. The van der Waals surface area contributed by atoms with Crippen LogP contribution in [-0.2, 0) is 5.41 Å². The third-order valence-electron chi connectivity index (χ3n) is 2.20. The lowest BCUT2D eigenvalue weighted by Crippen LogP contribution is -2.17. The monoisotopic (exact) mass is 252 g/mol. The second-order valence-corrected chi connectivity index (χ2v) is 5.18. The van der Waals surface area contributed by atoms with E-state index in [9.17, 15) is 0 Å². The van der Waals surface area contributed by atoms with Gasteiger partial charge in [0.2, 0.25) is 5.88 Å². The Labute approximate surface area is 108 Å². The zero-order valence-electron chi connectivity index (χ0n) is 10.7. The van der Waals surface area contributed by atoms with Gasteiger partial charge >= 0.3 is 0 Å². The molecule has 92 valence electrons. The zero-order valence-corrected chi connectivity index (χ0v) is 11.4. The minimum absolute atomic E-state index is 0.165. The van der Waals surface area contributed by atoms with Gasteiger partial charge in [-0.3, -0.25) is 0 Å². The van der Waals surface area contributed by atoms with Crippen molar-refractivity contribution < 1.29 is 4.74 Å². The number of hydrogen-bond acceptors (Lipinski definition) is 3. The van der Waals surface area contributed by atoms with E-state index < -0.39 is 0 Å². The Morgan fingerprint density at radius 1 is 1.35 bits per heavy atom. The summed E-state index contributed by atoms with van der Waals surface area (Å²) in [6.07, 6.45) is 5.72. The minimum Gasteiger partial charge on any atom is -0.476 e. The van der Waals surface area contributed by atoms with Gasteiger partial charge in [0.25, 0.3) is 0 Å². The van der Waals surface area contributed by atoms with Crippen LogP contribution in [-0.4, -0.2) is 16.6 Å². The summed E-state index contributed by atoms with van der Waals surface area (Å²) in [7, 11) is 0. The maximum absolute atomic E-state index is 6.07. The van der Waals surface area contributed by atoms with Crippen LogP contribution < -0.4 is 4.74 Å². The molecule has 0 aliphatic heterocycles. The summed E-state index contributed by atoms with van der Waals surface area (Å²) < 4.78 is 5.52. The lowest BCUT2D eigenvalue weighted by molar-refractivity contribution is 0.307. The molecule has 0 aliphatic carbocycles. The molecule has 3 nitrogen and oxygen atoms in total. The number of ether oxygens (including phenoxy) is 1. The first kappa shape index (κ1) is 13.8. The van der Waals surface area contributed by atoms with E-state index in [2.05, 4.69) is 15.9 Å². The van der Waals surface area contributed by atoms with Crippen molar-refractivity contribution in [3.63, 3.8) is 0 Å². The molecule has 0 aliphatic rings. The highest BCUT2D eigenvalue weighted by molar-refractivity contribution is 6.30. The van der Waals surface area contributed by atoms with Crippen LogP contribution in [0.15, 0.2) is 0 Å². The maximum Gasteiger partial charge on any atom is 0.221 e. The molecule has 1 aromatic heterocycles. The number of rotatable bonds is 3. The van der Waals surface area contributed by atoms with Gasteiger partial charge in [0.05, 0.1) is 0 Å². The first-order valence-corrected chi connectivity index (χ1v) is 5.85. The average molecular weight is 253 g/mol. The van der Waals surface area contributed by atoms with E-state index in [4.69, 9.17) is 22.8 Å². The molecule has 0 N–H and O–H groups in total. The molecule has 0 radical (unpaired) electrons. The van der Waals surface area contributed by atoms with Crippen LogP contribution in [0.3, 0.4) is 0 Å². The van der Waals surface area contributed by atoms with Gasteiger partial charge in [-0.05, 0) is 6.92 Å². The number of terminal acetylenes is 1. The lowest BCUT2D eigenvalue weighted by atomic mass is 9.96. The Morgan fingerprint density at radius 3 is 2.53 bits per heavy atom. The second-order valence-electron chi connectivity index (χ2n) is 4.82. The molecule has 0 unspecified atom stereocenters. The molecular weight excluding hydrogens is 236 g/mol. The van der Waals surface area contributed by atoms with E-state index in [0.29, 0.717) is 29.9 Å². The third kappa shape index (κ3) is 3.61. The highest BCUT2D eigenvalue weighted by Crippen LogP contribution is 2.27. The van der Waals surface area contributed by atoms with E-state index in [0.717, 1.165) is 5.56 Å². The Hall–Kier alpha value is -1.27. The van der Waals surface area contributed by atoms with Gasteiger partial charge < -0.3 is 4.74 Å². The largest absolute Gasteiger partial charge is 0.476 e. The molecule has 0 saturated heterocycles. The lowest BCUT2D eigenvalue weighted by Gasteiger charge is -2.18. The molecule has 0 atom stereocenters. The van der Waals surface area contributed by atoms with Gasteiger partial charge in [0, 0.05) is 17.4 Å². The average Bonchev–Trinajstić information content (AvgIpc) is 2.22. The van der Waals surface area contributed by atoms with Crippen molar-refractivity contribution >= 4 is 11.6 Å². The molecule has 1 aromatic rings. The molecule has 17 heavy (non-hydrogen) atoms. The fourth-order valence-corrected chi connectivity index (χ4v) is 1.31.